The average Bonchev–Trinajstić information content (AvgIpc) is 3.78. The van der Waals surface area contributed by atoms with E-state index in [1.165, 1.54) is 83.6 Å². The summed E-state index contributed by atoms with van der Waals surface area (Å²) in [5, 5.41) is 0. The highest BCUT2D eigenvalue weighted by molar-refractivity contribution is 6.00. The lowest BCUT2D eigenvalue weighted by Crippen LogP contribution is -2.28. The standard InChI is InChI=1S/C52H37N/c1-51(2)44-25-10-6-20-38(44)42-31-30-37(33-48(42)51)53(36-19-14-18-35(32-36)34-16-4-3-5-17-34)49-29-15-24-43-41-23-9-13-28-47(41)52(50(43)49)45-26-11-7-21-39(45)40-22-8-12-27-46(40)52/h3-33H,1-2H3. The predicted octanol–water partition coefficient (Wildman–Crippen LogP) is 13.5. The molecule has 8 aromatic carbocycles. The van der Waals surface area contributed by atoms with Crippen LogP contribution in [0, 0.1) is 0 Å². The molecule has 3 aliphatic carbocycles. The van der Waals surface area contributed by atoms with Gasteiger partial charge >= 0.3 is 0 Å². The normalized spacial score (nSPS) is 14.5. The number of nitrogens with zero attached hydrogens (tertiary/aromatic N) is 1. The minimum atomic E-state index is -0.475. The van der Waals surface area contributed by atoms with Gasteiger partial charge in [0, 0.05) is 22.4 Å². The molecule has 0 radical (unpaired) electrons. The van der Waals surface area contributed by atoms with Crippen LogP contribution in [0.25, 0.3) is 44.5 Å². The minimum absolute atomic E-state index is 0.126. The first kappa shape index (κ1) is 30.2. The zero-order chi connectivity index (χ0) is 35.3. The van der Waals surface area contributed by atoms with Gasteiger partial charge in [0.1, 0.15) is 0 Å². The molecule has 0 aliphatic heterocycles. The topological polar surface area (TPSA) is 3.24 Å². The van der Waals surface area contributed by atoms with Crippen LogP contribution in [-0.4, -0.2) is 0 Å². The van der Waals surface area contributed by atoms with Crippen LogP contribution >= 0.6 is 0 Å². The van der Waals surface area contributed by atoms with Crippen molar-refractivity contribution in [2.75, 3.05) is 4.90 Å². The molecule has 0 N–H and O–H groups in total. The highest BCUT2D eigenvalue weighted by Gasteiger charge is 2.53. The molecule has 53 heavy (non-hydrogen) atoms. The quantitative estimate of drug-likeness (QED) is 0.179. The SMILES string of the molecule is CC1(C)c2ccccc2-c2ccc(N(c3cccc(-c4ccccc4)c3)c3cccc4c3C3(c5ccccc5-c5ccccc53)c3ccccc3-4)cc21. The average molecular weight is 676 g/mol. The van der Waals surface area contributed by atoms with Crippen molar-refractivity contribution in [1.29, 1.82) is 0 Å². The van der Waals surface area contributed by atoms with Crippen molar-refractivity contribution in [2.24, 2.45) is 0 Å². The first-order chi connectivity index (χ1) is 26.1. The third-order valence-electron chi connectivity index (χ3n) is 12.3. The molecule has 0 saturated heterocycles. The summed E-state index contributed by atoms with van der Waals surface area (Å²) in [6.45, 7) is 4.75. The molecule has 3 aliphatic rings. The van der Waals surface area contributed by atoms with Gasteiger partial charge in [0.25, 0.3) is 0 Å². The van der Waals surface area contributed by atoms with Crippen molar-refractivity contribution in [3.63, 3.8) is 0 Å². The molecule has 8 aromatic rings. The molecular formula is C52H37N. The number of anilines is 3. The van der Waals surface area contributed by atoms with Crippen molar-refractivity contribution in [3.05, 3.63) is 221 Å². The summed E-state index contributed by atoms with van der Waals surface area (Å²) in [6, 6.07) is 70.2. The Balaban J connectivity index is 1.23. The molecule has 1 spiro atoms. The van der Waals surface area contributed by atoms with Gasteiger partial charge in [-0.15, -0.1) is 0 Å². The van der Waals surface area contributed by atoms with Gasteiger partial charge in [-0.05, 0) is 103 Å². The Labute approximate surface area is 311 Å². The summed E-state index contributed by atoms with van der Waals surface area (Å²) in [6.07, 6.45) is 0. The molecule has 1 heteroatoms. The van der Waals surface area contributed by atoms with Crippen LogP contribution in [0.3, 0.4) is 0 Å². The number of hydrogen-bond acceptors (Lipinski definition) is 1. The second-order valence-corrected chi connectivity index (χ2v) is 15.2. The second kappa shape index (κ2) is 11.0. The fourth-order valence-electron chi connectivity index (χ4n) is 10.0. The Hall–Kier alpha value is -6.44. The minimum Gasteiger partial charge on any atom is -0.310 e. The molecule has 11 rings (SSSR count). The molecule has 0 unspecified atom stereocenters. The first-order valence-electron chi connectivity index (χ1n) is 18.7. The van der Waals surface area contributed by atoms with Crippen molar-refractivity contribution in [3.8, 4) is 44.5 Å². The van der Waals surface area contributed by atoms with Crippen LogP contribution in [-0.2, 0) is 10.8 Å². The van der Waals surface area contributed by atoms with Crippen LogP contribution in [0.5, 0.6) is 0 Å². The zero-order valence-corrected chi connectivity index (χ0v) is 29.8. The molecule has 1 nitrogen and oxygen atoms in total. The Morgan fingerprint density at radius 1 is 0.340 bits per heavy atom. The van der Waals surface area contributed by atoms with Crippen LogP contribution < -0.4 is 4.90 Å². The Kier molecular flexibility index (Phi) is 6.29. The van der Waals surface area contributed by atoms with Gasteiger partial charge in [-0.1, -0.05) is 172 Å². The number of rotatable bonds is 4. The second-order valence-electron chi connectivity index (χ2n) is 15.2. The Bertz CT molecular complexity index is 2710. The molecule has 0 saturated carbocycles. The Morgan fingerprint density at radius 2 is 0.811 bits per heavy atom. The van der Waals surface area contributed by atoms with Crippen molar-refractivity contribution in [1.82, 2.24) is 0 Å². The van der Waals surface area contributed by atoms with E-state index < -0.39 is 5.41 Å². The van der Waals surface area contributed by atoms with Gasteiger partial charge in [-0.2, -0.15) is 0 Å². The number of benzene rings is 8. The monoisotopic (exact) mass is 675 g/mol. The zero-order valence-electron chi connectivity index (χ0n) is 29.8. The largest absolute Gasteiger partial charge is 0.310 e. The summed E-state index contributed by atoms with van der Waals surface area (Å²) < 4.78 is 0. The van der Waals surface area contributed by atoms with E-state index in [1.54, 1.807) is 0 Å². The van der Waals surface area contributed by atoms with Crippen LogP contribution in [0.15, 0.2) is 188 Å². The van der Waals surface area contributed by atoms with Crippen LogP contribution in [0.1, 0.15) is 47.2 Å². The Morgan fingerprint density at radius 3 is 1.47 bits per heavy atom. The van der Waals surface area contributed by atoms with Gasteiger partial charge in [-0.3, -0.25) is 0 Å². The van der Waals surface area contributed by atoms with E-state index in [1.807, 2.05) is 0 Å². The molecule has 0 bridgehead atoms. The maximum Gasteiger partial charge on any atom is 0.0746 e. The van der Waals surface area contributed by atoms with Crippen molar-refractivity contribution < 1.29 is 0 Å². The first-order valence-corrected chi connectivity index (χ1v) is 18.7. The lowest BCUT2D eigenvalue weighted by atomic mass is 9.70. The van der Waals surface area contributed by atoms with Crippen molar-refractivity contribution in [2.45, 2.75) is 24.7 Å². The third-order valence-corrected chi connectivity index (χ3v) is 12.3. The molecular weight excluding hydrogens is 639 g/mol. The van der Waals surface area contributed by atoms with E-state index in [0.717, 1.165) is 11.4 Å². The predicted molar refractivity (Wildman–Crippen MR) is 220 cm³/mol. The van der Waals surface area contributed by atoms with Gasteiger partial charge in [-0.25, -0.2) is 0 Å². The number of hydrogen-bond donors (Lipinski definition) is 0. The van der Waals surface area contributed by atoms with Gasteiger partial charge in [0.05, 0.1) is 11.1 Å². The third kappa shape index (κ3) is 4.02. The van der Waals surface area contributed by atoms with E-state index in [0.29, 0.717) is 0 Å². The lowest BCUT2D eigenvalue weighted by Gasteiger charge is -2.36. The van der Waals surface area contributed by atoms with E-state index in [9.17, 15) is 0 Å². The summed E-state index contributed by atoms with van der Waals surface area (Å²) >= 11 is 0. The van der Waals surface area contributed by atoms with Crippen LogP contribution in [0.4, 0.5) is 17.1 Å². The smallest absolute Gasteiger partial charge is 0.0746 e. The van der Waals surface area contributed by atoms with E-state index in [4.69, 9.17) is 0 Å². The number of fused-ring (bicyclic) bond motifs is 13. The van der Waals surface area contributed by atoms with E-state index in [-0.39, 0.29) is 5.41 Å². The summed E-state index contributed by atoms with van der Waals surface area (Å²) in [4.78, 5) is 2.54. The van der Waals surface area contributed by atoms with Gasteiger partial charge in [0.15, 0.2) is 0 Å². The molecule has 0 fully saturated rings. The van der Waals surface area contributed by atoms with Gasteiger partial charge in [0.2, 0.25) is 0 Å². The fourth-order valence-corrected chi connectivity index (χ4v) is 10.0. The maximum atomic E-state index is 2.54. The summed E-state index contributed by atoms with van der Waals surface area (Å²) in [5.41, 5.74) is 21.3. The molecule has 0 heterocycles. The van der Waals surface area contributed by atoms with E-state index >= 15 is 0 Å². The van der Waals surface area contributed by atoms with Crippen LogP contribution in [0.2, 0.25) is 0 Å². The van der Waals surface area contributed by atoms with Gasteiger partial charge < -0.3 is 4.90 Å². The van der Waals surface area contributed by atoms with E-state index in [2.05, 4.69) is 207 Å². The molecule has 0 aromatic heterocycles. The highest BCUT2D eigenvalue weighted by atomic mass is 15.1. The highest BCUT2D eigenvalue weighted by Crippen LogP contribution is 2.65. The molecule has 0 atom stereocenters. The summed E-state index contributed by atoms with van der Waals surface area (Å²) in [5.74, 6) is 0. The fraction of sp³-hybridized carbons (Fsp3) is 0.0769. The molecule has 250 valence electrons. The molecule has 0 amide bonds. The van der Waals surface area contributed by atoms with Crippen molar-refractivity contribution >= 4 is 17.1 Å². The lowest BCUT2D eigenvalue weighted by molar-refractivity contribution is 0.660. The maximum absolute atomic E-state index is 2.54. The summed E-state index contributed by atoms with van der Waals surface area (Å²) in [7, 11) is 0.